The lowest BCUT2D eigenvalue weighted by molar-refractivity contribution is 0.628. The van der Waals surface area contributed by atoms with Crippen molar-refractivity contribution in [1.29, 1.82) is 0 Å². The molecule has 0 aliphatic carbocycles. The van der Waals surface area contributed by atoms with Crippen molar-refractivity contribution in [2.24, 2.45) is 0 Å². The Kier molecular flexibility index (Phi) is 5.35. The number of nitrogens with zero attached hydrogens (tertiary/aromatic N) is 1. The number of benzene rings is 3. The second-order valence-corrected chi connectivity index (χ2v) is 7.83. The van der Waals surface area contributed by atoms with E-state index >= 15 is 0 Å². The molecule has 4 rings (SSSR count). The summed E-state index contributed by atoms with van der Waals surface area (Å²) in [5, 5.41) is 0. The smallest absolute Gasteiger partial charge is 0.123 e. The van der Waals surface area contributed by atoms with E-state index in [1.165, 1.54) is 27.9 Å². The van der Waals surface area contributed by atoms with Crippen LogP contribution in [0.4, 0.5) is 4.39 Å². The Bertz CT molecular complexity index is 1090. The molecule has 0 spiro atoms. The van der Waals surface area contributed by atoms with Crippen molar-refractivity contribution in [2.45, 2.75) is 33.2 Å². The fourth-order valence-corrected chi connectivity index (χ4v) is 4.25. The van der Waals surface area contributed by atoms with Gasteiger partial charge >= 0.3 is 0 Å². The van der Waals surface area contributed by atoms with Crippen molar-refractivity contribution in [1.82, 2.24) is 4.57 Å². The van der Waals surface area contributed by atoms with E-state index in [0.717, 1.165) is 17.8 Å². The van der Waals surface area contributed by atoms with Gasteiger partial charge in [0, 0.05) is 17.8 Å². The Labute approximate surface area is 172 Å². The Morgan fingerprint density at radius 1 is 0.759 bits per heavy atom. The van der Waals surface area contributed by atoms with E-state index in [2.05, 4.69) is 79.9 Å². The van der Waals surface area contributed by atoms with Crippen molar-refractivity contribution >= 4 is 0 Å². The molecule has 2 heteroatoms. The first-order chi connectivity index (χ1) is 14.1. The largest absolute Gasteiger partial charge is 0.339 e. The summed E-state index contributed by atoms with van der Waals surface area (Å²) < 4.78 is 16.0. The van der Waals surface area contributed by atoms with Crippen LogP contribution in [0, 0.1) is 12.7 Å². The van der Waals surface area contributed by atoms with Crippen molar-refractivity contribution in [3.05, 3.63) is 108 Å². The maximum absolute atomic E-state index is 13.6. The highest BCUT2D eigenvalue weighted by atomic mass is 19.1. The van der Waals surface area contributed by atoms with E-state index in [-0.39, 0.29) is 5.82 Å². The van der Waals surface area contributed by atoms with Gasteiger partial charge in [0.05, 0.1) is 5.69 Å². The summed E-state index contributed by atoms with van der Waals surface area (Å²) in [5.41, 5.74) is 8.53. The van der Waals surface area contributed by atoms with E-state index in [1.54, 1.807) is 12.1 Å². The quantitative estimate of drug-likeness (QED) is 0.337. The van der Waals surface area contributed by atoms with Crippen molar-refractivity contribution in [3.8, 4) is 22.4 Å². The van der Waals surface area contributed by atoms with Crippen molar-refractivity contribution < 1.29 is 4.39 Å². The standard InChI is InChI=1S/C27H26FN/c1-19(2)26-25(22-12-8-5-9-13-22)20(3)27(23-14-16-24(28)17-15-23)29(26)18-21-10-6-4-7-11-21/h4-17,19H,18H2,1-3H3. The molecule has 0 radical (unpaired) electrons. The lowest BCUT2D eigenvalue weighted by Gasteiger charge is -2.18. The zero-order valence-electron chi connectivity index (χ0n) is 17.2. The molecule has 1 heterocycles. The van der Waals surface area contributed by atoms with E-state index in [0.29, 0.717) is 5.92 Å². The normalized spacial score (nSPS) is 11.2. The molecule has 0 saturated heterocycles. The van der Waals surface area contributed by atoms with Crippen LogP contribution in [0.2, 0.25) is 0 Å². The molecule has 0 amide bonds. The molecular weight excluding hydrogens is 357 g/mol. The first-order valence-corrected chi connectivity index (χ1v) is 10.1. The lowest BCUT2D eigenvalue weighted by atomic mass is 9.95. The molecule has 0 fully saturated rings. The Morgan fingerprint density at radius 2 is 1.34 bits per heavy atom. The predicted molar refractivity (Wildman–Crippen MR) is 120 cm³/mol. The van der Waals surface area contributed by atoms with Gasteiger partial charge in [-0.3, -0.25) is 0 Å². The van der Waals surface area contributed by atoms with Crippen LogP contribution in [-0.4, -0.2) is 4.57 Å². The fraction of sp³-hybridized carbons (Fsp3) is 0.185. The van der Waals surface area contributed by atoms with Crippen LogP contribution < -0.4 is 0 Å². The molecule has 0 atom stereocenters. The topological polar surface area (TPSA) is 4.93 Å². The molecule has 29 heavy (non-hydrogen) atoms. The Hall–Kier alpha value is -3.13. The number of rotatable bonds is 5. The van der Waals surface area contributed by atoms with Gasteiger partial charge in [-0.15, -0.1) is 0 Å². The molecule has 0 aliphatic heterocycles. The molecule has 0 bridgehead atoms. The Morgan fingerprint density at radius 3 is 1.93 bits per heavy atom. The third-order valence-electron chi connectivity index (χ3n) is 5.46. The van der Waals surface area contributed by atoms with Gasteiger partial charge in [-0.2, -0.15) is 0 Å². The molecule has 146 valence electrons. The highest BCUT2D eigenvalue weighted by molar-refractivity contribution is 5.80. The van der Waals surface area contributed by atoms with Gasteiger partial charge in [-0.1, -0.05) is 74.5 Å². The van der Waals surface area contributed by atoms with Crippen molar-refractivity contribution in [3.63, 3.8) is 0 Å². The highest BCUT2D eigenvalue weighted by Gasteiger charge is 2.24. The predicted octanol–water partition coefficient (Wildman–Crippen LogP) is 7.44. The second-order valence-electron chi connectivity index (χ2n) is 7.83. The SMILES string of the molecule is Cc1c(-c2ccccc2)c(C(C)C)n(Cc2ccccc2)c1-c1ccc(F)cc1. The van der Waals surface area contributed by atoms with Crippen LogP contribution in [0.25, 0.3) is 22.4 Å². The molecule has 0 saturated carbocycles. The third-order valence-corrected chi connectivity index (χ3v) is 5.46. The second kappa shape index (κ2) is 8.08. The van der Waals surface area contributed by atoms with Gasteiger partial charge in [0.25, 0.3) is 0 Å². The van der Waals surface area contributed by atoms with Gasteiger partial charge in [0.1, 0.15) is 5.82 Å². The average Bonchev–Trinajstić information content (AvgIpc) is 3.02. The van der Waals surface area contributed by atoms with E-state index in [4.69, 9.17) is 0 Å². The third kappa shape index (κ3) is 3.75. The molecule has 0 unspecified atom stereocenters. The summed E-state index contributed by atoms with van der Waals surface area (Å²) in [6, 6.07) is 28.0. The minimum atomic E-state index is -0.208. The summed E-state index contributed by atoms with van der Waals surface area (Å²) >= 11 is 0. The maximum Gasteiger partial charge on any atom is 0.123 e. The molecular formula is C27H26FN. The number of aromatic nitrogens is 1. The van der Waals surface area contributed by atoms with Gasteiger partial charge in [-0.25, -0.2) is 4.39 Å². The molecule has 0 N–H and O–H groups in total. The minimum Gasteiger partial charge on any atom is -0.339 e. The van der Waals surface area contributed by atoms with Crippen LogP contribution in [-0.2, 0) is 6.54 Å². The molecule has 1 nitrogen and oxygen atoms in total. The van der Waals surface area contributed by atoms with Crippen LogP contribution in [0.15, 0.2) is 84.9 Å². The van der Waals surface area contributed by atoms with Crippen LogP contribution in [0.5, 0.6) is 0 Å². The summed E-state index contributed by atoms with van der Waals surface area (Å²) in [4.78, 5) is 0. The van der Waals surface area contributed by atoms with Crippen molar-refractivity contribution in [2.75, 3.05) is 0 Å². The lowest BCUT2D eigenvalue weighted by Crippen LogP contribution is -2.08. The monoisotopic (exact) mass is 383 g/mol. The molecule has 3 aromatic carbocycles. The number of hydrogen-bond acceptors (Lipinski definition) is 0. The first-order valence-electron chi connectivity index (χ1n) is 10.1. The van der Waals surface area contributed by atoms with Gasteiger partial charge in [0.2, 0.25) is 0 Å². The summed E-state index contributed by atoms with van der Waals surface area (Å²) in [7, 11) is 0. The maximum atomic E-state index is 13.6. The minimum absolute atomic E-state index is 0.208. The molecule has 1 aromatic heterocycles. The van der Waals surface area contributed by atoms with Gasteiger partial charge in [0.15, 0.2) is 0 Å². The van der Waals surface area contributed by atoms with Crippen LogP contribution in [0.1, 0.15) is 36.6 Å². The number of halogens is 1. The van der Waals surface area contributed by atoms with Crippen LogP contribution >= 0.6 is 0 Å². The zero-order chi connectivity index (χ0) is 20.4. The zero-order valence-corrected chi connectivity index (χ0v) is 17.2. The average molecular weight is 384 g/mol. The highest BCUT2D eigenvalue weighted by Crippen LogP contribution is 2.41. The van der Waals surface area contributed by atoms with E-state index in [1.807, 2.05) is 18.2 Å². The Balaban J connectivity index is 2.01. The van der Waals surface area contributed by atoms with Crippen LogP contribution in [0.3, 0.4) is 0 Å². The fourth-order valence-electron chi connectivity index (χ4n) is 4.25. The summed E-state index contributed by atoms with van der Waals surface area (Å²) in [5.74, 6) is 0.141. The van der Waals surface area contributed by atoms with E-state index < -0.39 is 0 Å². The van der Waals surface area contributed by atoms with E-state index in [9.17, 15) is 4.39 Å². The molecule has 0 aliphatic rings. The molecule has 4 aromatic rings. The number of hydrogen-bond donors (Lipinski definition) is 0. The summed E-state index contributed by atoms with van der Waals surface area (Å²) in [6.45, 7) is 7.47. The van der Waals surface area contributed by atoms with Gasteiger partial charge in [-0.05, 0) is 59.4 Å². The summed E-state index contributed by atoms with van der Waals surface area (Å²) in [6.07, 6.45) is 0. The van der Waals surface area contributed by atoms with Gasteiger partial charge < -0.3 is 4.57 Å². The first kappa shape index (κ1) is 19.2.